The van der Waals surface area contributed by atoms with E-state index in [0.29, 0.717) is 24.5 Å². The SMILES string of the molecule is CN(C)c1ncccc1C(=O)N1CCC(NC(=O)Nc2ccccc2)CC1. The number of nitrogens with one attached hydrogen (secondary N) is 2. The Morgan fingerprint density at radius 2 is 1.78 bits per heavy atom. The van der Waals surface area contributed by atoms with Crippen molar-refractivity contribution in [2.45, 2.75) is 18.9 Å². The van der Waals surface area contributed by atoms with Gasteiger partial charge >= 0.3 is 6.03 Å². The minimum absolute atomic E-state index is 0.0148. The molecule has 1 aliphatic rings. The minimum Gasteiger partial charge on any atom is -0.362 e. The average Bonchev–Trinajstić information content (AvgIpc) is 2.68. The zero-order valence-corrected chi connectivity index (χ0v) is 15.7. The highest BCUT2D eigenvalue weighted by atomic mass is 16.2. The molecule has 7 nitrogen and oxygen atoms in total. The minimum atomic E-state index is -0.215. The summed E-state index contributed by atoms with van der Waals surface area (Å²) in [7, 11) is 3.75. The maximum atomic E-state index is 12.9. The van der Waals surface area contributed by atoms with Crippen LogP contribution < -0.4 is 15.5 Å². The maximum absolute atomic E-state index is 12.9. The predicted molar refractivity (Wildman–Crippen MR) is 106 cm³/mol. The molecule has 0 unspecified atom stereocenters. The molecular formula is C20H25N5O2. The largest absolute Gasteiger partial charge is 0.362 e. The molecule has 2 aromatic rings. The number of rotatable bonds is 4. The van der Waals surface area contributed by atoms with Gasteiger partial charge in [-0.3, -0.25) is 4.79 Å². The summed E-state index contributed by atoms with van der Waals surface area (Å²) in [5.41, 5.74) is 1.37. The molecule has 0 atom stereocenters. The summed E-state index contributed by atoms with van der Waals surface area (Å²) in [4.78, 5) is 33.0. The Balaban J connectivity index is 1.53. The molecule has 7 heteroatoms. The zero-order chi connectivity index (χ0) is 19.2. The van der Waals surface area contributed by atoms with Crippen molar-refractivity contribution in [2.24, 2.45) is 0 Å². The molecule has 0 aliphatic carbocycles. The van der Waals surface area contributed by atoms with Crippen LogP contribution in [0.5, 0.6) is 0 Å². The topological polar surface area (TPSA) is 77.6 Å². The lowest BCUT2D eigenvalue weighted by molar-refractivity contribution is 0.0709. The number of anilines is 2. The molecule has 27 heavy (non-hydrogen) atoms. The summed E-state index contributed by atoms with van der Waals surface area (Å²) >= 11 is 0. The van der Waals surface area contributed by atoms with Crippen LogP contribution in [0.4, 0.5) is 16.3 Å². The number of para-hydroxylation sites is 1. The number of carbonyl (C=O) groups excluding carboxylic acids is 2. The van der Waals surface area contributed by atoms with Gasteiger partial charge in [0.25, 0.3) is 5.91 Å². The van der Waals surface area contributed by atoms with E-state index in [-0.39, 0.29) is 18.0 Å². The number of likely N-dealkylation sites (tertiary alicyclic amines) is 1. The standard InChI is InChI=1S/C20H25N5O2/c1-24(2)18-17(9-6-12-21-18)19(26)25-13-10-16(11-14-25)23-20(27)22-15-7-4-3-5-8-15/h3-9,12,16H,10-11,13-14H2,1-2H3,(H2,22,23,27). The first kappa shape index (κ1) is 18.7. The van der Waals surface area contributed by atoms with Crippen LogP contribution in [0.15, 0.2) is 48.7 Å². The van der Waals surface area contributed by atoms with E-state index in [4.69, 9.17) is 0 Å². The zero-order valence-electron chi connectivity index (χ0n) is 15.7. The summed E-state index contributed by atoms with van der Waals surface area (Å²) in [5, 5.41) is 5.81. The van der Waals surface area contributed by atoms with Crippen LogP contribution >= 0.6 is 0 Å². The number of aromatic nitrogens is 1. The Morgan fingerprint density at radius 1 is 1.07 bits per heavy atom. The molecule has 2 heterocycles. The van der Waals surface area contributed by atoms with Crippen molar-refractivity contribution in [1.82, 2.24) is 15.2 Å². The fraction of sp³-hybridized carbons (Fsp3) is 0.350. The van der Waals surface area contributed by atoms with Crippen LogP contribution in [0.2, 0.25) is 0 Å². The quantitative estimate of drug-likeness (QED) is 0.871. The van der Waals surface area contributed by atoms with Gasteiger partial charge in [0.1, 0.15) is 5.82 Å². The third-order valence-corrected chi connectivity index (χ3v) is 4.59. The summed E-state index contributed by atoms with van der Waals surface area (Å²) in [6.45, 7) is 1.22. The monoisotopic (exact) mass is 367 g/mol. The fourth-order valence-corrected chi connectivity index (χ4v) is 3.19. The van der Waals surface area contributed by atoms with Crippen molar-refractivity contribution in [3.8, 4) is 0 Å². The Morgan fingerprint density at radius 3 is 2.44 bits per heavy atom. The molecule has 1 aliphatic heterocycles. The van der Waals surface area contributed by atoms with E-state index in [1.54, 1.807) is 12.3 Å². The number of amides is 3. The van der Waals surface area contributed by atoms with Crippen LogP contribution in [0.25, 0.3) is 0 Å². The van der Waals surface area contributed by atoms with Gasteiger partial charge < -0.3 is 20.4 Å². The summed E-state index contributed by atoms with van der Waals surface area (Å²) in [6.07, 6.45) is 3.14. The molecule has 0 spiro atoms. The second kappa shape index (κ2) is 8.53. The molecule has 142 valence electrons. The highest BCUT2D eigenvalue weighted by Crippen LogP contribution is 2.20. The van der Waals surface area contributed by atoms with Gasteiger partial charge in [-0.05, 0) is 37.1 Å². The molecule has 3 rings (SSSR count). The van der Waals surface area contributed by atoms with Crippen LogP contribution in [-0.4, -0.2) is 55.0 Å². The average molecular weight is 367 g/mol. The van der Waals surface area contributed by atoms with Crippen LogP contribution in [0.1, 0.15) is 23.2 Å². The normalized spacial score (nSPS) is 14.5. The lowest BCUT2D eigenvalue weighted by atomic mass is 10.0. The van der Waals surface area contributed by atoms with Crippen molar-refractivity contribution < 1.29 is 9.59 Å². The first-order valence-corrected chi connectivity index (χ1v) is 9.09. The fourth-order valence-electron chi connectivity index (χ4n) is 3.19. The smallest absolute Gasteiger partial charge is 0.319 e. The number of hydrogen-bond acceptors (Lipinski definition) is 4. The number of carbonyl (C=O) groups is 2. The van der Waals surface area contributed by atoms with E-state index in [2.05, 4.69) is 15.6 Å². The van der Waals surface area contributed by atoms with E-state index in [0.717, 1.165) is 18.5 Å². The number of pyridine rings is 1. The third-order valence-electron chi connectivity index (χ3n) is 4.59. The molecule has 1 fully saturated rings. The Bertz CT molecular complexity index is 786. The lowest BCUT2D eigenvalue weighted by Crippen LogP contribution is -2.47. The van der Waals surface area contributed by atoms with E-state index in [1.165, 1.54) is 0 Å². The van der Waals surface area contributed by atoms with E-state index < -0.39 is 0 Å². The summed E-state index contributed by atoms with van der Waals surface area (Å²) in [6, 6.07) is 12.8. The molecule has 0 radical (unpaired) electrons. The predicted octanol–water partition coefficient (Wildman–Crippen LogP) is 2.57. The second-order valence-corrected chi connectivity index (χ2v) is 6.80. The molecule has 1 saturated heterocycles. The summed E-state index contributed by atoms with van der Waals surface area (Å²) < 4.78 is 0. The summed E-state index contributed by atoms with van der Waals surface area (Å²) in [5.74, 6) is 0.656. The molecule has 1 aromatic carbocycles. The molecule has 1 aromatic heterocycles. The van der Waals surface area contributed by atoms with E-state index in [1.807, 2.05) is 60.3 Å². The third kappa shape index (κ3) is 4.75. The van der Waals surface area contributed by atoms with Gasteiger partial charge in [0.05, 0.1) is 5.56 Å². The second-order valence-electron chi connectivity index (χ2n) is 6.80. The Kier molecular flexibility index (Phi) is 5.90. The first-order valence-electron chi connectivity index (χ1n) is 9.09. The van der Waals surface area contributed by atoms with Gasteiger partial charge in [-0.15, -0.1) is 0 Å². The first-order chi connectivity index (χ1) is 13.0. The van der Waals surface area contributed by atoms with Gasteiger partial charge in [-0.25, -0.2) is 9.78 Å². The molecule has 2 N–H and O–H groups in total. The van der Waals surface area contributed by atoms with Gasteiger partial charge in [0, 0.05) is 45.1 Å². The molecular weight excluding hydrogens is 342 g/mol. The van der Waals surface area contributed by atoms with E-state index in [9.17, 15) is 9.59 Å². The maximum Gasteiger partial charge on any atom is 0.319 e. The number of piperidine rings is 1. The van der Waals surface area contributed by atoms with Crippen LogP contribution in [0, 0.1) is 0 Å². The van der Waals surface area contributed by atoms with Crippen LogP contribution in [-0.2, 0) is 0 Å². The Hall–Kier alpha value is -3.09. The molecule has 0 saturated carbocycles. The number of nitrogens with zero attached hydrogens (tertiary/aromatic N) is 3. The highest BCUT2D eigenvalue weighted by Gasteiger charge is 2.26. The van der Waals surface area contributed by atoms with Crippen molar-refractivity contribution in [3.63, 3.8) is 0 Å². The number of urea groups is 1. The molecule has 0 bridgehead atoms. The van der Waals surface area contributed by atoms with Gasteiger partial charge in [-0.1, -0.05) is 18.2 Å². The van der Waals surface area contributed by atoms with Crippen molar-refractivity contribution in [2.75, 3.05) is 37.4 Å². The van der Waals surface area contributed by atoms with Crippen molar-refractivity contribution in [1.29, 1.82) is 0 Å². The molecule has 3 amide bonds. The highest BCUT2D eigenvalue weighted by molar-refractivity contribution is 5.99. The number of hydrogen-bond donors (Lipinski definition) is 2. The van der Waals surface area contributed by atoms with Gasteiger partial charge in [0.15, 0.2) is 0 Å². The van der Waals surface area contributed by atoms with Crippen molar-refractivity contribution in [3.05, 3.63) is 54.2 Å². The number of benzene rings is 1. The van der Waals surface area contributed by atoms with Gasteiger partial charge in [0.2, 0.25) is 0 Å². The van der Waals surface area contributed by atoms with Crippen molar-refractivity contribution >= 4 is 23.4 Å². The van der Waals surface area contributed by atoms with E-state index >= 15 is 0 Å². The Labute approximate surface area is 159 Å². The van der Waals surface area contributed by atoms with Crippen LogP contribution in [0.3, 0.4) is 0 Å². The van der Waals surface area contributed by atoms with Gasteiger partial charge in [-0.2, -0.15) is 0 Å². The lowest BCUT2D eigenvalue weighted by Gasteiger charge is -2.33.